The molecular weight excluding hydrogens is 369 g/mol. The number of aromatic nitrogens is 1. The smallest absolute Gasteiger partial charge is 0.242 e. The van der Waals surface area contributed by atoms with Crippen LogP contribution in [-0.2, 0) is 4.79 Å². The normalized spacial score (nSPS) is 24.0. The molecule has 29 heavy (non-hydrogen) atoms. The Kier molecular flexibility index (Phi) is 5.07. The highest BCUT2D eigenvalue weighted by Gasteiger charge is 2.50. The lowest BCUT2D eigenvalue weighted by Gasteiger charge is -2.24. The molecule has 0 unspecified atom stereocenters. The molecule has 2 aromatic rings. The highest BCUT2D eigenvalue weighted by Crippen LogP contribution is 2.40. The van der Waals surface area contributed by atoms with Crippen molar-refractivity contribution in [3.05, 3.63) is 47.0 Å². The molecule has 154 valence electrons. The largest absolute Gasteiger partial charge is 0.494 e. The molecule has 6 heteroatoms. The fraction of sp³-hybridized carbons (Fsp3) is 0.478. The molecule has 2 aliphatic rings. The fourth-order valence-electron chi connectivity index (χ4n) is 4.57. The van der Waals surface area contributed by atoms with Gasteiger partial charge < -0.3 is 9.64 Å². The first kappa shape index (κ1) is 19.8. The van der Waals surface area contributed by atoms with Gasteiger partial charge in [0.05, 0.1) is 18.3 Å². The molecule has 2 aliphatic heterocycles. The predicted molar refractivity (Wildman–Crippen MR) is 110 cm³/mol. The first-order valence-corrected chi connectivity index (χ1v) is 10.3. The lowest BCUT2D eigenvalue weighted by molar-refractivity contribution is -0.131. The second-order valence-corrected chi connectivity index (χ2v) is 8.17. The van der Waals surface area contributed by atoms with Crippen molar-refractivity contribution < 1.29 is 13.9 Å². The number of halogens is 1. The maximum atomic E-state index is 14.7. The first-order chi connectivity index (χ1) is 13.8. The number of hydrogen-bond acceptors (Lipinski definition) is 4. The third-order valence-corrected chi connectivity index (χ3v) is 6.37. The van der Waals surface area contributed by atoms with Gasteiger partial charge in [-0.1, -0.05) is 0 Å². The van der Waals surface area contributed by atoms with Crippen LogP contribution in [0.5, 0.6) is 5.75 Å². The minimum Gasteiger partial charge on any atom is -0.494 e. The molecule has 3 heterocycles. The average Bonchev–Trinajstić information content (AvgIpc) is 3.26. The third kappa shape index (κ3) is 3.39. The molecular formula is C23H28FN3O2. The number of carbonyl (C=O) groups is 1. The number of amides is 1. The van der Waals surface area contributed by atoms with Gasteiger partial charge >= 0.3 is 0 Å². The van der Waals surface area contributed by atoms with Gasteiger partial charge in [0.2, 0.25) is 5.91 Å². The van der Waals surface area contributed by atoms with E-state index in [1.807, 2.05) is 33.9 Å². The molecule has 5 nitrogen and oxygen atoms in total. The van der Waals surface area contributed by atoms with Crippen molar-refractivity contribution in [2.24, 2.45) is 0 Å². The van der Waals surface area contributed by atoms with Crippen LogP contribution in [0.4, 0.5) is 4.39 Å². The monoisotopic (exact) mass is 397 g/mol. The maximum absolute atomic E-state index is 14.7. The van der Waals surface area contributed by atoms with Gasteiger partial charge in [-0.3, -0.25) is 15.1 Å². The van der Waals surface area contributed by atoms with Crippen LogP contribution in [0.25, 0.3) is 11.1 Å². The average molecular weight is 397 g/mol. The summed E-state index contributed by atoms with van der Waals surface area (Å²) in [6.07, 6.45) is 2.47. The summed E-state index contributed by atoms with van der Waals surface area (Å²) >= 11 is 0. The first-order valence-electron chi connectivity index (χ1n) is 10.3. The molecule has 0 saturated carbocycles. The van der Waals surface area contributed by atoms with E-state index in [2.05, 4.69) is 5.32 Å². The fourth-order valence-corrected chi connectivity index (χ4v) is 4.57. The highest BCUT2D eigenvalue weighted by molar-refractivity contribution is 5.88. The van der Waals surface area contributed by atoms with Gasteiger partial charge in [0.15, 0.2) is 0 Å². The summed E-state index contributed by atoms with van der Waals surface area (Å²) in [5.74, 6) is 0.535. The summed E-state index contributed by atoms with van der Waals surface area (Å²) < 4.78 is 20.3. The molecule has 1 N–H and O–H groups in total. The molecule has 0 bridgehead atoms. The number of nitrogens with zero attached hydrogens (tertiary/aromatic N) is 2. The minimum atomic E-state index is -0.472. The van der Waals surface area contributed by atoms with Crippen molar-refractivity contribution in [3.63, 3.8) is 0 Å². The zero-order valence-electron chi connectivity index (χ0n) is 17.5. The van der Waals surface area contributed by atoms with Crippen molar-refractivity contribution in [2.45, 2.75) is 51.6 Å². The van der Waals surface area contributed by atoms with Crippen LogP contribution in [0.15, 0.2) is 24.3 Å². The zero-order chi connectivity index (χ0) is 20.8. The Morgan fingerprint density at radius 2 is 2.07 bits per heavy atom. The Balaban J connectivity index is 1.71. The van der Waals surface area contributed by atoms with Crippen LogP contribution in [0, 0.1) is 19.7 Å². The standard InChI is InChI=1S/C23H28FN3O2/c1-5-29-16-6-7-19(24)18(12-16)17-13-21(25-15(3)14(17)2)20-8-9-23(26-20)10-11-27(4)22(23)28/h6-7,12-13,20,26H,5,8-11H2,1-4H3/t20-,23-/m1/s1. The van der Waals surface area contributed by atoms with Crippen molar-refractivity contribution >= 4 is 5.91 Å². The van der Waals surface area contributed by atoms with E-state index in [-0.39, 0.29) is 17.8 Å². The van der Waals surface area contributed by atoms with Crippen LogP contribution in [0.2, 0.25) is 0 Å². The summed E-state index contributed by atoms with van der Waals surface area (Å²) in [6, 6.07) is 6.81. The molecule has 4 rings (SSSR count). The van der Waals surface area contributed by atoms with E-state index in [1.54, 1.807) is 17.0 Å². The molecule has 2 saturated heterocycles. The Morgan fingerprint density at radius 3 is 2.76 bits per heavy atom. The molecule has 1 aromatic heterocycles. The summed E-state index contributed by atoms with van der Waals surface area (Å²) in [7, 11) is 1.85. The number of aryl methyl sites for hydroxylation is 1. The van der Waals surface area contributed by atoms with Crippen LogP contribution in [0.1, 0.15) is 49.2 Å². The number of likely N-dealkylation sites (N-methyl/N-ethyl adjacent to an activating group) is 1. The predicted octanol–water partition coefficient (Wildman–Crippen LogP) is 3.93. The Labute approximate surface area is 171 Å². The second-order valence-electron chi connectivity index (χ2n) is 8.17. The van der Waals surface area contributed by atoms with Crippen LogP contribution in [0.3, 0.4) is 0 Å². The number of rotatable bonds is 4. The van der Waals surface area contributed by atoms with Gasteiger partial charge in [0.25, 0.3) is 0 Å². The highest BCUT2D eigenvalue weighted by atomic mass is 19.1. The van der Waals surface area contributed by atoms with E-state index in [4.69, 9.17) is 9.72 Å². The quantitative estimate of drug-likeness (QED) is 0.849. The number of carbonyl (C=O) groups excluding carboxylic acids is 1. The number of hydrogen-bond donors (Lipinski definition) is 1. The van der Waals surface area contributed by atoms with Gasteiger partial charge in [-0.25, -0.2) is 4.39 Å². The van der Waals surface area contributed by atoms with E-state index >= 15 is 0 Å². The molecule has 2 fully saturated rings. The zero-order valence-corrected chi connectivity index (χ0v) is 17.5. The Bertz CT molecular complexity index is 961. The Morgan fingerprint density at radius 1 is 1.28 bits per heavy atom. The van der Waals surface area contributed by atoms with Gasteiger partial charge in [0.1, 0.15) is 17.1 Å². The van der Waals surface area contributed by atoms with Crippen LogP contribution < -0.4 is 10.1 Å². The topological polar surface area (TPSA) is 54.5 Å². The van der Waals surface area contributed by atoms with Crippen molar-refractivity contribution in [1.29, 1.82) is 0 Å². The molecule has 0 aliphatic carbocycles. The maximum Gasteiger partial charge on any atom is 0.242 e. The van der Waals surface area contributed by atoms with E-state index in [0.717, 1.165) is 48.3 Å². The summed E-state index contributed by atoms with van der Waals surface area (Å²) in [4.78, 5) is 19.2. The van der Waals surface area contributed by atoms with Gasteiger partial charge in [0, 0.05) is 24.8 Å². The third-order valence-electron chi connectivity index (χ3n) is 6.37. The van der Waals surface area contributed by atoms with E-state index in [9.17, 15) is 9.18 Å². The summed E-state index contributed by atoms with van der Waals surface area (Å²) in [6.45, 7) is 7.13. The number of likely N-dealkylation sites (tertiary alicyclic amines) is 1. The van der Waals surface area contributed by atoms with Gasteiger partial charge in [-0.15, -0.1) is 0 Å². The molecule has 1 amide bonds. The number of nitrogens with one attached hydrogen (secondary N) is 1. The molecule has 1 aromatic carbocycles. The van der Waals surface area contributed by atoms with Crippen molar-refractivity contribution in [3.8, 4) is 16.9 Å². The lowest BCUT2D eigenvalue weighted by atomic mass is 9.95. The number of pyridine rings is 1. The number of benzene rings is 1. The van der Waals surface area contributed by atoms with Gasteiger partial charge in [-0.2, -0.15) is 0 Å². The van der Waals surface area contributed by atoms with Crippen LogP contribution >= 0.6 is 0 Å². The molecule has 0 radical (unpaired) electrons. The van der Waals surface area contributed by atoms with E-state index < -0.39 is 5.54 Å². The van der Waals surface area contributed by atoms with Gasteiger partial charge in [-0.05, 0) is 75.4 Å². The molecule has 1 spiro atoms. The second kappa shape index (κ2) is 7.41. The molecule has 2 atom stereocenters. The lowest BCUT2D eigenvalue weighted by Crippen LogP contribution is -2.47. The van der Waals surface area contributed by atoms with Crippen molar-refractivity contribution in [2.75, 3.05) is 20.2 Å². The van der Waals surface area contributed by atoms with E-state index in [0.29, 0.717) is 17.9 Å². The minimum absolute atomic E-state index is 0.0124. The van der Waals surface area contributed by atoms with E-state index in [1.165, 1.54) is 6.07 Å². The summed E-state index contributed by atoms with van der Waals surface area (Å²) in [5.41, 5.74) is 3.56. The summed E-state index contributed by atoms with van der Waals surface area (Å²) in [5, 5.41) is 3.56. The van der Waals surface area contributed by atoms with Crippen molar-refractivity contribution in [1.82, 2.24) is 15.2 Å². The Hall–Kier alpha value is -2.47. The SMILES string of the molecule is CCOc1ccc(F)c(-c2cc([C@H]3CC[C@]4(CCN(C)C4=O)N3)nc(C)c2C)c1. The van der Waals surface area contributed by atoms with Crippen LogP contribution in [-0.4, -0.2) is 41.5 Å². The number of ether oxygens (including phenoxy) is 1.